The van der Waals surface area contributed by atoms with E-state index >= 15 is 0 Å². The van der Waals surface area contributed by atoms with Crippen molar-refractivity contribution < 1.29 is 19.1 Å². The number of carbonyl (C=O) groups excluding carboxylic acids is 2. The van der Waals surface area contributed by atoms with Crippen LogP contribution in [0.5, 0.6) is 5.75 Å². The fourth-order valence-corrected chi connectivity index (χ4v) is 5.06. The van der Waals surface area contributed by atoms with Crippen molar-refractivity contribution in [3.8, 4) is 5.75 Å². The van der Waals surface area contributed by atoms with Gasteiger partial charge in [0.1, 0.15) is 11.4 Å². The summed E-state index contributed by atoms with van der Waals surface area (Å²) in [6, 6.07) is 17.6. The molecule has 1 spiro atoms. The summed E-state index contributed by atoms with van der Waals surface area (Å²) in [6.45, 7) is 0.989. The Morgan fingerprint density at radius 2 is 2.06 bits per heavy atom. The summed E-state index contributed by atoms with van der Waals surface area (Å²) in [5.74, 6) is -0.472. The normalized spacial score (nSPS) is 28.1. The Morgan fingerprint density at radius 1 is 1.23 bits per heavy atom. The number of rotatable bonds is 7. The highest BCUT2D eigenvalue weighted by Gasteiger charge is 2.67. The number of methoxy groups -OCH3 is 1. The molecule has 0 aromatic heterocycles. The SMILES string of the molecule is COc1cccc(N2C[C@]34C=C[C@@H](O3)[C@H](C(=O)NCCCc3ccccc3)[C@@H]4C2=O)c1. The summed E-state index contributed by atoms with van der Waals surface area (Å²) in [7, 11) is 1.60. The van der Waals surface area contributed by atoms with Crippen LogP contribution in [-0.4, -0.2) is 43.7 Å². The van der Waals surface area contributed by atoms with E-state index in [1.54, 1.807) is 12.0 Å². The minimum absolute atomic E-state index is 0.0652. The van der Waals surface area contributed by atoms with Gasteiger partial charge in [0.2, 0.25) is 11.8 Å². The lowest BCUT2D eigenvalue weighted by molar-refractivity contribution is -0.131. The number of carbonyl (C=O) groups is 2. The molecule has 2 fully saturated rings. The fourth-order valence-electron chi connectivity index (χ4n) is 5.06. The molecule has 2 aromatic carbocycles. The molecular formula is C25H26N2O4. The Labute approximate surface area is 181 Å². The van der Waals surface area contributed by atoms with Gasteiger partial charge in [0.15, 0.2) is 0 Å². The minimum atomic E-state index is -0.725. The van der Waals surface area contributed by atoms with Crippen LogP contribution in [0.2, 0.25) is 0 Å². The van der Waals surface area contributed by atoms with Gasteiger partial charge in [-0.1, -0.05) is 48.6 Å². The molecule has 1 N–H and O–H groups in total. The second kappa shape index (κ2) is 7.85. The van der Waals surface area contributed by atoms with Crippen LogP contribution in [0.4, 0.5) is 5.69 Å². The number of hydrogen-bond acceptors (Lipinski definition) is 4. The fraction of sp³-hybridized carbons (Fsp3) is 0.360. The first-order valence-electron chi connectivity index (χ1n) is 10.8. The summed E-state index contributed by atoms with van der Waals surface area (Å²) < 4.78 is 11.5. The summed E-state index contributed by atoms with van der Waals surface area (Å²) >= 11 is 0. The number of hydrogen-bond donors (Lipinski definition) is 1. The molecule has 4 atom stereocenters. The van der Waals surface area contributed by atoms with Crippen molar-refractivity contribution in [2.45, 2.75) is 24.5 Å². The standard InChI is InChI=1S/C25H26N2O4/c1-30-19-11-5-10-18(15-19)27-16-25-13-12-20(31-25)21(22(25)24(27)29)23(28)26-14-6-9-17-7-3-2-4-8-17/h2-5,7-8,10-13,15,20-22H,6,9,14,16H2,1H3,(H,26,28)/t20-,21+,22-,25+/m1/s1. The van der Waals surface area contributed by atoms with Crippen LogP contribution in [0.3, 0.4) is 0 Å². The third-order valence-corrected chi connectivity index (χ3v) is 6.55. The maximum Gasteiger partial charge on any atom is 0.234 e. The molecule has 0 unspecified atom stereocenters. The van der Waals surface area contributed by atoms with Gasteiger partial charge in [-0.05, 0) is 30.5 Å². The zero-order valence-corrected chi connectivity index (χ0v) is 17.5. The molecule has 0 aliphatic carbocycles. The summed E-state index contributed by atoms with van der Waals surface area (Å²) in [5.41, 5.74) is 1.29. The lowest BCUT2D eigenvalue weighted by atomic mass is 9.77. The van der Waals surface area contributed by atoms with E-state index in [1.165, 1.54) is 5.56 Å². The number of anilines is 1. The highest BCUT2D eigenvalue weighted by molar-refractivity contribution is 6.03. The molecule has 2 saturated heterocycles. The van der Waals surface area contributed by atoms with Gasteiger partial charge in [-0.15, -0.1) is 0 Å². The van der Waals surface area contributed by atoms with Crippen LogP contribution in [0, 0.1) is 11.8 Å². The number of nitrogens with one attached hydrogen (secondary N) is 1. The maximum absolute atomic E-state index is 13.4. The number of fused-ring (bicyclic) bond motifs is 1. The molecule has 0 saturated carbocycles. The smallest absolute Gasteiger partial charge is 0.234 e. The lowest BCUT2D eigenvalue weighted by Crippen LogP contribution is -2.44. The van der Waals surface area contributed by atoms with E-state index < -0.39 is 17.4 Å². The molecule has 3 heterocycles. The van der Waals surface area contributed by atoms with E-state index in [0.717, 1.165) is 18.5 Å². The van der Waals surface area contributed by atoms with Crippen LogP contribution in [0.25, 0.3) is 0 Å². The first-order valence-corrected chi connectivity index (χ1v) is 10.8. The summed E-state index contributed by atoms with van der Waals surface area (Å²) in [4.78, 5) is 28.2. The predicted octanol–water partition coefficient (Wildman–Crippen LogP) is 2.73. The van der Waals surface area contributed by atoms with E-state index in [4.69, 9.17) is 9.47 Å². The second-order valence-electron chi connectivity index (χ2n) is 8.41. The van der Waals surface area contributed by atoms with Gasteiger partial charge >= 0.3 is 0 Å². The quantitative estimate of drug-likeness (QED) is 0.555. The van der Waals surface area contributed by atoms with Crippen LogP contribution in [0.1, 0.15) is 12.0 Å². The van der Waals surface area contributed by atoms with E-state index in [-0.39, 0.29) is 17.9 Å². The molecule has 0 radical (unpaired) electrons. The first kappa shape index (κ1) is 19.8. The topological polar surface area (TPSA) is 67.9 Å². The Kier molecular flexibility index (Phi) is 5.02. The van der Waals surface area contributed by atoms with E-state index in [0.29, 0.717) is 18.8 Å². The average Bonchev–Trinajstić information content (AvgIpc) is 3.45. The monoisotopic (exact) mass is 418 g/mol. The van der Waals surface area contributed by atoms with Gasteiger partial charge in [-0.3, -0.25) is 9.59 Å². The number of ether oxygens (including phenoxy) is 2. The molecule has 2 aromatic rings. The minimum Gasteiger partial charge on any atom is -0.497 e. The third-order valence-electron chi connectivity index (χ3n) is 6.55. The summed E-state index contributed by atoms with van der Waals surface area (Å²) in [5, 5.41) is 3.04. The van der Waals surface area contributed by atoms with Gasteiger partial charge in [-0.25, -0.2) is 0 Å². The van der Waals surface area contributed by atoms with Gasteiger partial charge in [0, 0.05) is 18.3 Å². The molecule has 6 nitrogen and oxygen atoms in total. The lowest BCUT2D eigenvalue weighted by Gasteiger charge is -2.23. The Morgan fingerprint density at radius 3 is 2.87 bits per heavy atom. The van der Waals surface area contributed by atoms with Gasteiger partial charge in [0.05, 0.1) is 31.6 Å². The third kappa shape index (κ3) is 3.41. The van der Waals surface area contributed by atoms with Gasteiger partial charge in [0.25, 0.3) is 0 Å². The first-order chi connectivity index (χ1) is 15.1. The van der Waals surface area contributed by atoms with E-state index in [2.05, 4.69) is 17.4 Å². The van der Waals surface area contributed by atoms with Crippen LogP contribution in [-0.2, 0) is 20.7 Å². The number of amides is 2. The largest absolute Gasteiger partial charge is 0.497 e. The van der Waals surface area contributed by atoms with Crippen molar-refractivity contribution in [3.63, 3.8) is 0 Å². The maximum atomic E-state index is 13.4. The molecule has 2 bridgehead atoms. The molecule has 31 heavy (non-hydrogen) atoms. The predicted molar refractivity (Wildman–Crippen MR) is 117 cm³/mol. The zero-order valence-electron chi connectivity index (χ0n) is 17.5. The second-order valence-corrected chi connectivity index (χ2v) is 8.41. The Balaban J connectivity index is 1.27. The van der Waals surface area contributed by atoms with E-state index in [9.17, 15) is 9.59 Å². The van der Waals surface area contributed by atoms with Crippen molar-refractivity contribution in [1.82, 2.24) is 5.32 Å². The Hall–Kier alpha value is -3.12. The van der Waals surface area contributed by atoms with Crippen molar-refractivity contribution >= 4 is 17.5 Å². The molecule has 160 valence electrons. The van der Waals surface area contributed by atoms with Crippen LogP contribution < -0.4 is 15.0 Å². The van der Waals surface area contributed by atoms with Crippen molar-refractivity contribution in [1.29, 1.82) is 0 Å². The molecular weight excluding hydrogens is 392 g/mol. The zero-order chi connectivity index (χ0) is 21.4. The molecule has 6 heteroatoms. The highest BCUT2D eigenvalue weighted by Crippen LogP contribution is 2.52. The average molecular weight is 418 g/mol. The Bertz CT molecular complexity index is 1020. The number of nitrogens with zero attached hydrogens (tertiary/aromatic N) is 1. The van der Waals surface area contributed by atoms with Crippen LogP contribution >= 0.6 is 0 Å². The molecule has 3 aliphatic heterocycles. The molecule has 2 amide bonds. The number of benzene rings is 2. The van der Waals surface area contributed by atoms with Crippen molar-refractivity contribution in [2.75, 3.05) is 25.1 Å². The summed E-state index contributed by atoms with van der Waals surface area (Å²) in [6.07, 6.45) is 5.33. The molecule has 3 aliphatic rings. The van der Waals surface area contributed by atoms with Crippen molar-refractivity contribution in [3.05, 3.63) is 72.3 Å². The van der Waals surface area contributed by atoms with Gasteiger partial charge in [-0.2, -0.15) is 0 Å². The van der Waals surface area contributed by atoms with E-state index in [1.807, 2.05) is 54.6 Å². The molecule has 5 rings (SSSR count). The van der Waals surface area contributed by atoms with Crippen molar-refractivity contribution in [2.24, 2.45) is 11.8 Å². The van der Waals surface area contributed by atoms with Crippen LogP contribution in [0.15, 0.2) is 66.7 Å². The number of aryl methyl sites for hydroxylation is 1. The van der Waals surface area contributed by atoms with Gasteiger partial charge < -0.3 is 19.7 Å². The highest BCUT2D eigenvalue weighted by atomic mass is 16.5.